The molecular weight excluding hydrogens is 240 g/mol. The van der Waals surface area contributed by atoms with E-state index in [-0.39, 0.29) is 0 Å². The molecule has 0 saturated carbocycles. The zero-order valence-electron chi connectivity index (χ0n) is 12.0. The molecular formula is C14H22N4O. The molecule has 0 fully saturated rings. The average Bonchev–Trinajstić information content (AvgIpc) is 2.95. The van der Waals surface area contributed by atoms with Gasteiger partial charge in [-0.05, 0) is 26.3 Å². The highest BCUT2D eigenvalue weighted by Crippen LogP contribution is 2.20. The summed E-state index contributed by atoms with van der Waals surface area (Å²) in [5.74, 6) is 0. The van der Waals surface area contributed by atoms with Crippen molar-refractivity contribution >= 4 is 0 Å². The molecule has 2 aromatic rings. The molecule has 2 atom stereocenters. The van der Waals surface area contributed by atoms with Gasteiger partial charge in [-0.15, -0.1) is 0 Å². The summed E-state index contributed by atoms with van der Waals surface area (Å²) in [5.41, 5.74) is 2.66. The van der Waals surface area contributed by atoms with Crippen LogP contribution < -0.4 is 0 Å². The first-order valence-corrected chi connectivity index (χ1v) is 6.73. The first-order chi connectivity index (χ1) is 9.01. The molecule has 0 aliphatic heterocycles. The van der Waals surface area contributed by atoms with Crippen LogP contribution in [0.15, 0.2) is 18.5 Å². The Kier molecular flexibility index (Phi) is 4.04. The van der Waals surface area contributed by atoms with Crippen LogP contribution in [0.5, 0.6) is 0 Å². The fourth-order valence-corrected chi connectivity index (χ4v) is 2.17. The van der Waals surface area contributed by atoms with E-state index in [9.17, 15) is 5.11 Å². The van der Waals surface area contributed by atoms with Gasteiger partial charge in [-0.3, -0.25) is 9.36 Å². The van der Waals surface area contributed by atoms with Crippen LogP contribution in [0.3, 0.4) is 0 Å². The Hall–Kier alpha value is -1.62. The SMILES string of the molecule is CCC(C)n1ccc(CC(O)c2cn(C)nc2C)n1. The lowest BCUT2D eigenvalue weighted by molar-refractivity contribution is 0.176. The number of nitrogens with zero attached hydrogens (tertiary/aromatic N) is 4. The van der Waals surface area contributed by atoms with Crippen LogP contribution in [0.1, 0.15) is 49.4 Å². The Balaban J connectivity index is 2.08. The molecule has 1 N–H and O–H groups in total. The normalized spacial score (nSPS) is 14.6. The number of aliphatic hydroxyl groups is 1. The maximum Gasteiger partial charge on any atom is 0.0879 e. The molecule has 0 amide bonds. The second-order valence-electron chi connectivity index (χ2n) is 5.11. The Morgan fingerprint density at radius 3 is 2.68 bits per heavy atom. The number of aryl methyl sites for hydroxylation is 2. The number of hydrogen-bond acceptors (Lipinski definition) is 3. The van der Waals surface area contributed by atoms with E-state index in [0.717, 1.165) is 23.4 Å². The average molecular weight is 262 g/mol. The molecule has 2 heterocycles. The molecule has 2 aromatic heterocycles. The highest BCUT2D eigenvalue weighted by atomic mass is 16.3. The van der Waals surface area contributed by atoms with Gasteiger partial charge in [-0.1, -0.05) is 6.92 Å². The van der Waals surface area contributed by atoms with E-state index in [1.54, 1.807) is 4.68 Å². The molecule has 19 heavy (non-hydrogen) atoms. The van der Waals surface area contributed by atoms with Gasteiger partial charge in [0.15, 0.2) is 0 Å². The van der Waals surface area contributed by atoms with Crippen molar-refractivity contribution < 1.29 is 5.11 Å². The topological polar surface area (TPSA) is 55.9 Å². The largest absolute Gasteiger partial charge is 0.388 e. The number of aliphatic hydroxyl groups excluding tert-OH is 1. The Labute approximate surface area is 113 Å². The lowest BCUT2D eigenvalue weighted by Crippen LogP contribution is -2.07. The highest BCUT2D eigenvalue weighted by Gasteiger charge is 2.16. The summed E-state index contributed by atoms with van der Waals surface area (Å²) in [6.07, 6.45) is 4.87. The molecule has 0 radical (unpaired) electrons. The molecule has 0 aliphatic carbocycles. The van der Waals surface area contributed by atoms with Crippen LogP contribution in [0.2, 0.25) is 0 Å². The van der Waals surface area contributed by atoms with E-state index in [4.69, 9.17) is 0 Å². The van der Waals surface area contributed by atoms with Gasteiger partial charge in [0, 0.05) is 37.5 Å². The van der Waals surface area contributed by atoms with E-state index in [1.165, 1.54) is 0 Å². The van der Waals surface area contributed by atoms with Crippen molar-refractivity contribution in [1.29, 1.82) is 0 Å². The number of aromatic nitrogens is 4. The summed E-state index contributed by atoms with van der Waals surface area (Å²) in [5, 5.41) is 19.0. The molecule has 0 spiro atoms. The standard InChI is InChI=1S/C14H22N4O/c1-5-10(2)18-7-6-12(16-18)8-14(19)13-9-17(4)15-11(13)3/h6-7,9-10,14,19H,5,8H2,1-4H3. The summed E-state index contributed by atoms with van der Waals surface area (Å²) in [7, 11) is 1.86. The van der Waals surface area contributed by atoms with Crippen molar-refractivity contribution in [3.05, 3.63) is 35.4 Å². The lowest BCUT2D eigenvalue weighted by atomic mass is 10.1. The van der Waals surface area contributed by atoms with Crippen molar-refractivity contribution in [3.8, 4) is 0 Å². The quantitative estimate of drug-likeness (QED) is 0.898. The van der Waals surface area contributed by atoms with Gasteiger partial charge < -0.3 is 5.11 Å². The van der Waals surface area contributed by atoms with E-state index in [0.29, 0.717) is 12.5 Å². The fourth-order valence-electron chi connectivity index (χ4n) is 2.17. The molecule has 5 heteroatoms. The van der Waals surface area contributed by atoms with E-state index >= 15 is 0 Å². The van der Waals surface area contributed by atoms with Gasteiger partial charge in [0.25, 0.3) is 0 Å². The van der Waals surface area contributed by atoms with Crippen LogP contribution in [0.4, 0.5) is 0 Å². The zero-order valence-corrected chi connectivity index (χ0v) is 12.0. The predicted octanol–water partition coefficient (Wildman–Crippen LogP) is 2.17. The van der Waals surface area contributed by atoms with Gasteiger partial charge in [0.1, 0.15) is 0 Å². The minimum atomic E-state index is -0.547. The summed E-state index contributed by atoms with van der Waals surface area (Å²) in [4.78, 5) is 0. The third-order valence-corrected chi connectivity index (χ3v) is 3.52. The van der Waals surface area contributed by atoms with E-state index in [2.05, 4.69) is 24.0 Å². The van der Waals surface area contributed by atoms with Crippen LogP contribution in [0, 0.1) is 6.92 Å². The molecule has 0 bridgehead atoms. The minimum absolute atomic E-state index is 0.394. The Bertz CT molecular complexity index is 543. The van der Waals surface area contributed by atoms with Gasteiger partial charge >= 0.3 is 0 Å². The van der Waals surface area contributed by atoms with Gasteiger partial charge in [-0.2, -0.15) is 10.2 Å². The van der Waals surface area contributed by atoms with Crippen LogP contribution >= 0.6 is 0 Å². The smallest absolute Gasteiger partial charge is 0.0879 e. The molecule has 2 rings (SSSR count). The van der Waals surface area contributed by atoms with Crippen LogP contribution in [-0.2, 0) is 13.5 Å². The summed E-state index contributed by atoms with van der Waals surface area (Å²) >= 11 is 0. The molecule has 104 valence electrons. The molecule has 0 aromatic carbocycles. The van der Waals surface area contributed by atoms with Crippen molar-refractivity contribution in [2.24, 2.45) is 7.05 Å². The van der Waals surface area contributed by atoms with Crippen molar-refractivity contribution in [2.75, 3.05) is 0 Å². The van der Waals surface area contributed by atoms with Crippen molar-refractivity contribution in [3.63, 3.8) is 0 Å². The van der Waals surface area contributed by atoms with Gasteiger partial charge in [-0.25, -0.2) is 0 Å². The highest BCUT2D eigenvalue weighted by molar-refractivity contribution is 5.20. The number of hydrogen-bond donors (Lipinski definition) is 1. The van der Waals surface area contributed by atoms with Gasteiger partial charge in [0.2, 0.25) is 0 Å². The first-order valence-electron chi connectivity index (χ1n) is 6.73. The number of rotatable bonds is 5. The molecule has 0 aliphatic rings. The third kappa shape index (κ3) is 3.04. The van der Waals surface area contributed by atoms with Crippen LogP contribution in [-0.4, -0.2) is 24.7 Å². The maximum absolute atomic E-state index is 10.3. The van der Waals surface area contributed by atoms with Crippen LogP contribution in [0.25, 0.3) is 0 Å². The monoisotopic (exact) mass is 262 g/mol. The Morgan fingerprint density at radius 2 is 2.11 bits per heavy atom. The van der Waals surface area contributed by atoms with Gasteiger partial charge in [0.05, 0.1) is 17.5 Å². The summed E-state index contributed by atoms with van der Waals surface area (Å²) in [6.45, 7) is 6.19. The minimum Gasteiger partial charge on any atom is -0.388 e. The predicted molar refractivity (Wildman–Crippen MR) is 73.8 cm³/mol. The first kappa shape index (κ1) is 13.8. The van der Waals surface area contributed by atoms with E-state index < -0.39 is 6.10 Å². The maximum atomic E-state index is 10.3. The molecule has 2 unspecified atom stereocenters. The second kappa shape index (κ2) is 5.57. The summed E-state index contributed by atoms with van der Waals surface area (Å²) in [6, 6.07) is 2.37. The lowest BCUT2D eigenvalue weighted by Gasteiger charge is -2.09. The second-order valence-corrected chi connectivity index (χ2v) is 5.11. The van der Waals surface area contributed by atoms with Crippen molar-refractivity contribution in [1.82, 2.24) is 19.6 Å². The Morgan fingerprint density at radius 1 is 1.37 bits per heavy atom. The summed E-state index contributed by atoms with van der Waals surface area (Å²) < 4.78 is 3.68. The molecule has 5 nitrogen and oxygen atoms in total. The fraction of sp³-hybridized carbons (Fsp3) is 0.571. The van der Waals surface area contributed by atoms with Crippen molar-refractivity contribution in [2.45, 2.75) is 45.8 Å². The zero-order chi connectivity index (χ0) is 14.0. The molecule has 0 saturated heterocycles. The van der Waals surface area contributed by atoms with E-state index in [1.807, 2.05) is 37.1 Å². The third-order valence-electron chi connectivity index (χ3n) is 3.52.